The number of halogens is 2. The topological polar surface area (TPSA) is 91.7 Å². The van der Waals surface area contributed by atoms with Gasteiger partial charge in [-0.05, 0) is 24.3 Å². The van der Waals surface area contributed by atoms with Crippen LogP contribution in [0.5, 0.6) is 5.75 Å². The van der Waals surface area contributed by atoms with E-state index in [4.69, 9.17) is 38.5 Å². The number of nitrogens with zero attached hydrogens (tertiary/aromatic N) is 3. The van der Waals surface area contributed by atoms with Crippen molar-refractivity contribution in [3.8, 4) is 5.75 Å². The van der Waals surface area contributed by atoms with E-state index in [1.54, 1.807) is 48.7 Å². The van der Waals surface area contributed by atoms with E-state index in [-0.39, 0.29) is 18.3 Å². The van der Waals surface area contributed by atoms with Gasteiger partial charge in [0.25, 0.3) is 0 Å². The summed E-state index contributed by atoms with van der Waals surface area (Å²) in [5.41, 5.74) is 6.47. The van der Waals surface area contributed by atoms with Crippen LogP contribution in [-0.4, -0.2) is 21.6 Å². The summed E-state index contributed by atoms with van der Waals surface area (Å²) in [5.74, 6) is -0.206. The Bertz CT molecular complexity index is 974. The zero-order chi connectivity index (χ0) is 19.2. The average Bonchev–Trinajstić information content (AvgIpc) is 3.15. The number of carbonyl (C=O) groups excluding carboxylic acids is 1. The maximum absolute atomic E-state index is 12.0. The summed E-state index contributed by atoms with van der Waals surface area (Å²) in [6.07, 6.45) is 1.56. The molecule has 0 bridgehead atoms. The molecule has 0 spiro atoms. The second kappa shape index (κ2) is 8.57. The molecule has 138 valence electrons. The van der Waals surface area contributed by atoms with E-state index in [9.17, 15) is 4.79 Å². The normalized spacial score (nSPS) is 11.3. The fraction of sp³-hybridized carbons (Fsp3) is 0.0556. The van der Waals surface area contributed by atoms with E-state index in [0.717, 1.165) is 0 Å². The third-order valence-corrected chi connectivity index (χ3v) is 3.92. The smallest absolute Gasteiger partial charge is 0.385 e. The van der Waals surface area contributed by atoms with Gasteiger partial charge in [-0.15, -0.1) is 0 Å². The van der Waals surface area contributed by atoms with Crippen molar-refractivity contribution in [1.82, 2.24) is 9.78 Å². The molecule has 0 amide bonds. The maximum Gasteiger partial charge on any atom is 0.385 e. The number of hydrogen-bond donors (Lipinski definition) is 1. The fourth-order valence-corrected chi connectivity index (χ4v) is 2.53. The van der Waals surface area contributed by atoms with Gasteiger partial charge in [-0.3, -0.25) is 0 Å². The molecule has 1 aromatic heterocycles. The van der Waals surface area contributed by atoms with Gasteiger partial charge in [0.1, 0.15) is 5.75 Å². The number of aromatic nitrogens is 2. The third-order valence-electron chi connectivity index (χ3n) is 3.39. The number of ether oxygens (including phenoxy) is 1. The van der Waals surface area contributed by atoms with Crippen molar-refractivity contribution in [2.24, 2.45) is 10.9 Å². The number of nitrogens with two attached hydrogens (primary N) is 1. The number of rotatable bonds is 6. The Hall–Kier alpha value is -3.03. The quantitative estimate of drug-likeness (QED) is 0.292. The first-order valence-corrected chi connectivity index (χ1v) is 8.50. The van der Waals surface area contributed by atoms with Crippen LogP contribution in [0.2, 0.25) is 10.0 Å². The van der Waals surface area contributed by atoms with Crippen molar-refractivity contribution in [3.63, 3.8) is 0 Å². The van der Waals surface area contributed by atoms with Gasteiger partial charge in [0.15, 0.2) is 18.3 Å². The van der Waals surface area contributed by atoms with E-state index in [0.29, 0.717) is 21.4 Å². The molecule has 27 heavy (non-hydrogen) atoms. The highest BCUT2D eigenvalue weighted by atomic mass is 35.5. The third kappa shape index (κ3) is 4.99. The van der Waals surface area contributed by atoms with Gasteiger partial charge in [-0.1, -0.05) is 58.7 Å². The van der Waals surface area contributed by atoms with Crippen LogP contribution in [0.1, 0.15) is 16.1 Å². The summed E-state index contributed by atoms with van der Waals surface area (Å²) < 4.78 is 6.95. The van der Waals surface area contributed by atoms with Gasteiger partial charge in [0.05, 0.1) is 5.02 Å². The van der Waals surface area contributed by atoms with Crippen molar-refractivity contribution in [3.05, 3.63) is 82.1 Å². The lowest BCUT2D eigenvalue weighted by Gasteiger charge is -2.08. The molecule has 0 fully saturated rings. The SMILES string of the molecule is N/C(=N\OC(=O)c1ccn(COc2ccc(Cl)cc2Cl)n1)c1ccccc1. The van der Waals surface area contributed by atoms with Gasteiger partial charge in [-0.25, -0.2) is 9.48 Å². The fourth-order valence-electron chi connectivity index (χ4n) is 2.07. The van der Waals surface area contributed by atoms with E-state index in [1.807, 2.05) is 6.07 Å². The Morgan fingerprint density at radius 3 is 2.67 bits per heavy atom. The Labute approximate surface area is 164 Å². The van der Waals surface area contributed by atoms with Crippen LogP contribution >= 0.6 is 23.2 Å². The summed E-state index contributed by atoms with van der Waals surface area (Å²) in [5, 5.41) is 8.57. The number of carbonyl (C=O) groups is 1. The predicted octanol–water partition coefficient (Wildman–Crippen LogP) is 3.70. The Balaban J connectivity index is 1.59. The Morgan fingerprint density at radius 1 is 1.15 bits per heavy atom. The van der Waals surface area contributed by atoms with E-state index < -0.39 is 5.97 Å². The van der Waals surface area contributed by atoms with Gasteiger partial charge >= 0.3 is 5.97 Å². The molecular weight excluding hydrogens is 391 g/mol. The van der Waals surface area contributed by atoms with Crippen LogP contribution in [0.4, 0.5) is 0 Å². The molecular formula is C18H14Cl2N4O3. The number of oxime groups is 1. The summed E-state index contributed by atoms with van der Waals surface area (Å²) in [7, 11) is 0. The van der Waals surface area contributed by atoms with Gasteiger partial charge in [0.2, 0.25) is 0 Å². The van der Waals surface area contributed by atoms with Crippen LogP contribution in [0.15, 0.2) is 65.9 Å². The molecule has 7 nitrogen and oxygen atoms in total. The van der Waals surface area contributed by atoms with Crippen molar-refractivity contribution in [2.75, 3.05) is 0 Å². The molecule has 0 atom stereocenters. The van der Waals surface area contributed by atoms with Crippen molar-refractivity contribution in [2.45, 2.75) is 6.73 Å². The van der Waals surface area contributed by atoms with E-state index in [1.165, 1.54) is 10.7 Å². The van der Waals surface area contributed by atoms with Gasteiger partial charge in [0, 0.05) is 16.8 Å². The Kier molecular flexibility index (Phi) is 5.95. The van der Waals surface area contributed by atoms with E-state index in [2.05, 4.69) is 10.3 Å². The number of benzene rings is 2. The molecule has 2 N–H and O–H groups in total. The molecule has 0 saturated heterocycles. The summed E-state index contributed by atoms with van der Waals surface area (Å²) in [6, 6.07) is 15.3. The highest BCUT2D eigenvalue weighted by molar-refractivity contribution is 6.35. The largest absolute Gasteiger partial charge is 0.470 e. The molecule has 0 saturated carbocycles. The number of amidine groups is 1. The minimum Gasteiger partial charge on any atom is -0.470 e. The first-order valence-electron chi connectivity index (χ1n) is 7.74. The maximum atomic E-state index is 12.0. The zero-order valence-corrected chi connectivity index (χ0v) is 15.4. The molecule has 0 aliphatic heterocycles. The van der Waals surface area contributed by atoms with Crippen molar-refractivity contribution < 1.29 is 14.4 Å². The first-order chi connectivity index (χ1) is 13.0. The second-order valence-electron chi connectivity index (χ2n) is 5.31. The minimum absolute atomic E-state index is 0.0457. The lowest BCUT2D eigenvalue weighted by atomic mass is 10.2. The lowest BCUT2D eigenvalue weighted by Crippen LogP contribution is -2.15. The molecule has 3 rings (SSSR count). The number of hydrogen-bond acceptors (Lipinski definition) is 5. The van der Waals surface area contributed by atoms with Crippen LogP contribution in [0.25, 0.3) is 0 Å². The standard InChI is InChI=1S/C18H14Cl2N4O3/c19-13-6-7-16(14(20)10-13)26-11-24-9-8-15(22-24)18(25)27-23-17(21)12-4-2-1-3-5-12/h1-10H,11H2,(H2,21,23). The van der Waals surface area contributed by atoms with Gasteiger partial charge in [-0.2, -0.15) is 5.10 Å². The molecule has 0 radical (unpaired) electrons. The van der Waals surface area contributed by atoms with Crippen LogP contribution in [0, 0.1) is 0 Å². The molecule has 0 aliphatic rings. The Morgan fingerprint density at radius 2 is 1.93 bits per heavy atom. The predicted molar refractivity (Wildman–Crippen MR) is 102 cm³/mol. The molecule has 0 unspecified atom stereocenters. The van der Waals surface area contributed by atoms with Gasteiger partial charge < -0.3 is 15.3 Å². The molecule has 9 heteroatoms. The lowest BCUT2D eigenvalue weighted by molar-refractivity contribution is 0.0507. The highest BCUT2D eigenvalue weighted by Crippen LogP contribution is 2.27. The summed E-state index contributed by atoms with van der Waals surface area (Å²) in [6.45, 7) is 0.0457. The molecule has 2 aromatic carbocycles. The van der Waals surface area contributed by atoms with Crippen LogP contribution in [0.3, 0.4) is 0 Å². The molecule has 0 aliphatic carbocycles. The minimum atomic E-state index is -0.739. The van der Waals surface area contributed by atoms with Crippen LogP contribution in [-0.2, 0) is 11.6 Å². The summed E-state index contributed by atoms with van der Waals surface area (Å²) >= 11 is 11.9. The highest BCUT2D eigenvalue weighted by Gasteiger charge is 2.12. The second-order valence-corrected chi connectivity index (χ2v) is 6.15. The molecule has 1 heterocycles. The van der Waals surface area contributed by atoms with Crippen molar-refractivity contribution >= 4 is 35.0 Å². The van der Waals surface area contributed by atoms with E-state index >= 15 is 0 Å². The first kappa shape index (κ1) is 18.8. The molecule has 3 aromatic rings. The zero-order valence-electron chi connectivity index (χ0n) is 13.9. The summed E-state index contributed by atoms with van der Waals surface area (Å²) in [4.78, 5) is 16.8. The van der Waals surface area contributed by atoms with Crippen LogP contribution < -0.4 is 10.5 Å². The average molecular weight is 405 g/mol. The van der Waals surface area contributed by atoms with Crippen molar-refractivity contribution in [1.29, 1.82) is 0 Å². The monoisotopic (exact) mass is 404 g/mol.